The predicted molar refractivity (Wildman–Crippen MR) is 46.6 cm³/mol. The highest BCUT2D eigenvalue weighted by Gasteiger charge is 2.13. The Morgan fingerprint density at radius 3 is 2.92 bits per heavy atom. The second-order valence-electron chi connectivity index (χ2n) is 2.82. The molecule has 1 rings (SSSR count). The molecule has 0 spiro atoms. The summed E-state index contributed by atoms with van der Waals surface area (Å²) in [5.74, 6) is 5.18. The molecule has 0 aromatic carbocycles. The highest BCUT2D eigenvalue weighted by atomic mass is 16.2. The maximum atomic E-state index is 11.3. The Kier molecular flexibility index (Phi) is 2.50. The summed E-state index contributed by atoms with van der Waals surface area (Å²) >= 11 is 0. The molecule has 66 valence electrons. The van der Waals surface area contributed by atoms with Crippen LogP contribution in [0.4, 0.5) is 0 Å². The minimum absolute atomic E-state index is 0.133. The van der Waals surface area contributed by atoms with Crippen LogP contribution >= 0.6 is 0 Å². The maximum Gasteiger partial charge on any atom is 0.265 e. The number of carbonyl (C=O) groups is 1. The molecule has 4 heteroatoms. The van der Waals surface area contributed by atoms with Gasteiger partial charge in [-0.15, -0.1) is 0 Å². The van der Waals surface area contributed by atoms with Crippen LogP contribution in [-0.4, -0.2) is 29.9 Å². The largest absolute Gasteiger partial charge is 0.357 e. The smallest absolute Gasteiger partial charge is 0.265 e. The van der Waals surface area contributed by atoms with Crippen LogP contribution in [0, 0.1) is 0 Å². The molecule has 1 amide bonds. The SMILES string of the molecule is CN1C=CCC(C(=O)N(C)N)=C1. The van der Waals surface area contributed by atoms with Crippen LogP contribution in [0.3, 0.4) is 0 Å². The number of allylic oxidation sites excluding steroid dienone is 1. The minimum Gasteiger partial charge on any atom is -0.357 e. The van der Waals surface area contributed by atoms with Gasteiger partial charge < -0.3 is 4.90 Å². The van der Waals surface area contributed by atoms with Crippen molar-refractivity contribution in [3.8, 4) is 0 Å². The molecule has 1 aliphatic rings. The quantitative estimate of drug-likeness (QED) is 0.341. The zero-order valence-electron chi connectivity index (χ0n) is 7.32. The van der Waals surface area contributed by atoms with Crippen LogP contribution < -0.4 is 5.84 Å². The van der Waals surface area contributed by atoms with Gasteiger partial charge in [0, 0.05) is 25.9 Å². The van der Waals surface area contributed by atoms with Crippen molar-refractivity contribution >= 4 is 5.91 Å². The van der Waals surface area contributed by atoms with Crippen LogP contribution in [-0.2, 0) is 4.79 Å². The first-order chi connectivity index (χ1) is 5.61. The summed E-state index contributed by atoms with van der Waals surface area (Å²) in [7, 11) is 3.42. The van der Waals surface area contributed by atoms with Gasteiger partial charge in [-0.25, -0.2) is 5.84 Å². The number of rotatable bonds is 1. The lowest BCUT2D eigenvalue weighted by molar-refractivity contribution is -0.126. The van der Waals surface area contributed by atoms with Crippen molar-refractivity contribution in [2.45, 2.75) is 6.42 Å². The Labute approximate surface area is 71.9 Å². The van der Waals surface area contributed by atoms with E-state index in [0.29, 0.717) is 12.0 Å². The second kappa shape index (κ2) is 3.40. The first-order valence-corrected chi connectivity index (χ1v) is 3.73. The number of hydrogen-bond donors (Lipinski definition) is 1. The van der Waals surface area contributed by atoms with Gasteiger partial charge in [0.1, 0.15) is 0 Å². The average molecular weight is 167 g/mol. The highest BCUT2D eigenvalue weighted by Crippen LogP contribution is 2.11. The molecule has 0 radical (unpaired) electrons. The van der Waals surface area contributed by atoms with Crippen LogP contribution in [0.2, 0.25) is 0 Å². The molecule has 0 fully saturated rings. The summed E-state index contributed by atoms with van der Waals surface area (Å²) in [6.45, 7) is 0. The van der Waals surface area contributed by atoms with Gasteiger partial charge in [-0.2, -0.15) is 0 Å². The molecule has 4 nitrogen and oxygen atoms in total. The van der Waals surface area contributed by atoms with E-state index in [2.05, 4.69) is 0 Å². The van der Waals surface area contributed by atoms with Gasteiger partial charge in [-0.1, -0.05) is 6.08 Å². The fourth-order valence-corrected chi connectivity index (χ4v) is 1.06. The summed E-state index contributed by atoms with van der Waals surface area (Å²) < 4.78 is 0. The van der Waals surface area contributed by atoms with Gasteiger partial charge in [0.15, 0.2) is 0 Å². The van der Waals surface area contributed by atoms with Gasteiger partial charge in [0.05, 0.1) is 0 Å². The van der Waals surface area contributed by atoms with E-state index < -0.39 is 0 Å². The molecule has 2 N–H and O–H groups in total. The molecule has 0 saturated heterocycles. The fourth-order valence-electron chi connectivity index (χ4n) is 1.06. The molecular formula is C8H13N3O. The minimum atomic E-state index is -0.133. The molecule has 0 saturated carbocycles. The number of likely N-dealkylation sites (N-methyl/N-ethyl adjacent to an activating group) is 1. The van der Waals surface area contributed by atoms with E-state index in [9.17, 15) is 4.79 Å². The lowest BCUT2D eigenvalue weighted by atomic mass is 10.1. The van der Waals surface area contributed by atoms with Gasteiger partial charge in [0.2, 0.25) is 0 Å². The van der Waals surface area contributed by atoms with Crippen LogP contribution in [0.5, 0.6) is 0 Å². The Balaban J connectivity index is 2.70. The molecule has 0 aliphatic carbocycles. The van der Waals surface area contributed by atoms with Crippen LogP contribution in [0.25, 0.3) is 0 Å². The highest BCUT2D eigenvalue weighted by molar-refractivity contribution is 5.93. The average Bonchev–Trinajstić information content (AvgIpc) is 2.03. The second-order valence-corrected chi connectivity index (χ2v) is 2.82. The number of nitrogens with two attached hydrogens (primary N) is 1. The Morgan fingerprint density at radius 2 is 2.42 bits per heavy atom. The zero-order valence-corrected chi connectivity index (χ0v) is 7.32. The van der Waals surface area contributed by atoms with E-state index in [1.54, 1.807) is 13.2 Å². The third-order valence-corrected chi connectivity index (χ3v) is 1.63. The van der Waals surface area contributed by atoms with Crippen molar-refractivity contribution in [2.24, 2.45) is 5.84 Å². The third-order valence-electron chi connectivity index (χ3n) is 1.63. The molecule has 0 aromatic heterocycles. The molecule has 0 unspecified atom stereocenters. The van der Waals surface area contributed by atoms with Crippen LogP contribution in [0.1, 0.15) is 6.42 Å². The van der Waals surface area contributed by atoms with Gasteiger partial charge in [0.25, 0.3) is 5.91 Å². The van der Waals surface area contributed by atoms with E-state index in [1.165, 1.54) is 0 Å². The van der Waals surface area contributed by atoms with E-state index in [0.717, 1.165) is 5.01 Å². The van der Waals surface area contributed by atoms with E-state index in [-0.39, 0.29) is 5.91 Å². The molecular weight excluding hydrogens is 154 g/mol. The summed E-state index contributed by atoms with van der Waals surface area (Å²) in [5, 5.41) is 1.10. The normalized spacial score (nSPS) is 15.9. The third kappa shape index (κ3) is 1.85. The van der Waals surface area contributed by atoms with Crippen molar-refractivity contribution in [1.82, 2.24) is 9.91 Å². The van der Waals surface area contributed by atoms with Gasteiger partial charge >= 0.3 is 0 Å². The van der Waals surface area contributed by atoms with Crippen molar-refractivity contribution < 1.29 is 4.79 Å². The first-order valence-electron chi connectivity index (χ1n) is 3.73. The van der Waals surface area contributed by atoms with Crippen molar-refractivity contribution in [1.29, 1.82) is 0 Å². The van der Waals surface area contributed by atoms with Gasteiger partial charge in [-0.3, -0.25) is 9.80 Å². The molecule has 0 atom stereocenters. The predicted octanol–water partition coefficient (Wildman–Crippen LogP) is 0.0516. The van der Waals surface area contributed by atoms with Gasteiger partial charge in [-0.05, 0) is 12.6 Å². The molecule has 1 heterocycles. The Morgan fingerprint density at radius 1 is 1.75 bits per heavy atom. The first kappa shape index (κ1) is 8.80. The number of nitrogens with zero attached hydrogens (tertiary/aromatic N) is 2. The summed E-state index contributed by atoms with van der Waals surface area (Å²) in [6, 6.07) is 0. The standard InChI is InChI=1S/C8H13N3O/c1-10-5-3-4-7(6-10)8(12)11(2)9/h3,5-6H,4,9H2,1-2H3. The lowest BCUT2D eigenvalue weighted by Gasteiger charge is -2.18. The van der Waals surface area contributed by atoms with E-state index in [1.807, 2.05) is 24.2 Å². The number of amides is 1. The van der Waals surface area contributed by atoms with E-state index >= 15 is 0 Å². The number of hydrogen-bond acceptors (Lipinski definition) is 3. The number of carbonyl (C=O) groups excluding carboxylic acids is 1. The molecule has 0 aromatic rings. The summed E-state index contributed by atoms with van der Waals surface area (Å²) in [4.78, 5) is 13.1. The number of hydrazine groups is 1. The maximum absolute atomic E-state index is 11.3. The van der Waals surface area contributed by atoms with Crippen molar-refractivity contribution in [3.05, 3.63) is 24.0 Å². The Bertz CT molecular complexity index is 243. The molecule has 1 aliphatic heterocycles. The van der Waals surface area contributed by atoms with E-state index in [4.69, 9.17) is 5.84 Å². The lowest BCUT2D eigenvalue weighted by Crippen LogP contribution is -2.35. The van der Waals surface area contributed by atoms with Crippen molar-refractivity contribution in [2.75, 3.05) is 14.1 Å². The fraction of sp³-hybridized carbons (Fsp3) is 0.375. The summed E-state index contributed by atoms with van der Waals surface area (Å²) in [5.41, 5.74) is 0.713. The molecule has 0 bridgehead atoms. The summed E-state index contributed by atoms with van der Waals surface area (Å²) in [6.07, 6.45) is 6.28. The zero-order chi connectivity index (χ0) is 9.14. The van der Waals surface area contributed by atoms with Crippen molar-refractivity contribution in [3.63, 3.8) is 0 Å². The van der Waals surface area contributed by atoms with Crippen LogP contribution in [0.15, 0.2) is 24.0 Å². The monoisotopic (exact) mass is 167 g/mol. The topological polar surface area (TPSA) is 49.6 Å². The molecule has 12 heavy (non-hydrogen) atoms. The Hall–Kier alpha value is -1.29.